The summed E-state index contributed by atoms with van der Waals surface area (Å²) in [4.78, 5) is 23.8. The minimum absolute atomic E-state index is 0.112. The molecule has 1 heterocycles. The quantitative estimate of drug-likeness (QED) is 0.860. The van der Waals surface area contributed by atoms with Crippen LogP contribution in [0.3, 0.4) is 0 Å². The zero-order valence-electron chi connectivity index (χ0n) is 11.3. The molecule has 20 heavy (non-hydrogen) atoms. The lowest BCUT2D eigenvalue weighted by Crippen LogP contribution is -2.38. The molecule has 0 spiro atoms. The van der Waals surface area contributed by atoms with Crippen molar-refractivity contribution in [3.63, 3.8) is 0 Å². The number of carbonyl (C=O) groups is 2. The number of hydrogen-bond acceptors (Lipinski definition) is 3. The molecule has 1 saturated heterocycles. The summed E-state index contributed by atoms with van der Waals surface area (Å²) in [5, 5.41) is 17.8. The summed E-state index contributed by atoms with van der Waals surface area (Å²) in [5.74, 6) is -1.86. The second-order valence-corrected chi connectivity index (χ2v) is 5.19. The summed E-state index contributed by atoms with van der Waals surface area (Å²) in [6, 6.07) is 7.73. The minimum atomic E-state index is -0.806. The highest BCUT2D eigenvalue weighted by molar-refractivity contribution is 5.71. The summed E-state index contributed by atoms with van der Waals surface area (Å²) < 4.78 is 0. The largest absolute Gasteiger partial charge is 0.481 e. The Morgan fingerprint density at radius 3 is 2.80 bits per heavy atom. The van der Waals surface area contributed by atoms with Gasteiger partial charge in [-0.1, -0.05) is 12.1 Å². The van der Waals surface area contributed by atoms with Gasteiger partial charge in [-0.2, -0.15) is 0 Å². The zero-order valence-corrected chi connectivity index (χ0v) is 11.3. The van der Waals surface area contributed by atoms with Crippen LogP contribution in [-0.2, 0) is 16.0 Å². The lowest BCUT2D eigenvalue weighted by molar-refractivity contribution is -0.142. The van der Waals surface area contributed by atoms with E-state index in [0.29, 0.717) is 13.0 Å². The molecule has 0 aliphatic carbocycles. The molecule has 1 aromatic rings. The van der Waals surface area contributed by atoms with Crippen LogP contribution in [0.15, 0.2) is 24.3 Å². The highest BCUT2D eigenvalue weighted by Gasteiger charge is 2.25. The number of carboxylic acids is 2. The highest BCUT2D eigenvalue weighted by Crippen LogP contribution is 2.24. The second kappa shape index (κ2) is 6.41. The predicted molar refractivity (Wildman–Crippen MR) is 75.0 cm³/mol. The van der Waals surface area contributed by atoms with E-state index in [0.717, 1.165) is 30.6 Å². The van der Waals surface area contributed by atoms with Gasteiger partial charge in [-0.05, 0) is 37.0 Å². The van der Waals surface area contributed by atoms with Gasteiger partial charge in [0.05, 0.1) is 5.92 Å². The summed E-state index contributed by atoms with van der Waals surface area (Å²) in [6.07, 6.45) is 2.21. The number of rotatable bonds is 5. The Hall–Kier alpha value is -2.04. The van der Waals surface area contributed by atoms with Gasteiger partial charge in [0.15, 0.2) is 0 Å². The zero-order chi connectivity index (χ0) is 14.5. The van der Waals surface area contributed by atoms with E-state index < -0.39 is 11.9 Å². The van der Waals surface area contributed by atoms with Crippen molar-refractivity contribution in [1.82, 2.24) is 0 Å². The maximum atomic E-state index is 11.1. The van der Waals surface area contributed by atoms with E-state index in [9.17, 15) is 9.59 Å². The van der Waals surface area contributed by atoms with E-state index in [1.165, 1.54) is 0 Å². The molecule has 1 unspecified atom stereocenters. The van der Waals surface area contributed by atoms with Crippen LogP contribution < -0.4 is 4.90 Å². The van der Waals surface area contributed by atoms with Crippen molar-refractivity contribution in [2.75, 3.05) is 18.0 Å². The average molecular weight is 277 g/mol. The predicted octanol–water partition coefficient (Wildman–Crippen LogP) is 2.00. The molecule has 1 atom stereocenters. The summed E-state index contributed by atoms with van der Waals surface area (Å²) in [5.41, 5.74) is 1.96. The van der Waals surface area contributed by atoms with Gasteiger partial charge in [0.25, 0.3) is 0 Å². The van der Waals surface area contributed by atoms with Gasteiger partial charge >= 0.3 is 11.9 Å². The average Bonchev–Trinajstić information content (AvgIpc) is 2.45. The smallest absolute Gasteiger partial charge is 0.308 e. The van der Waals surface area contributed by atoms with Gasteiger partial charge in [-0.25, -0.2) is 0 Å². The topological polar surface area (TPSA) is 77.8 Å². The van der Waals surface area contributed by atoms with Crippen molar-refractivity contribution in [2.24, 2.45) is 5.92 Å². The number of aliphatic carboxylic acids is 2. The van der Waals surface area contributed by atoms with Crippen LogP contribution in [0.1, 0.15) is 24.8 Å². The first-order valence-corrected chi connectivity index (χ1v) is 6.85. The van der Waals surface area contributed by atoms with Gasteiger partial charge in [0, 0.05) is 25.2 Å². The summed E-state index contributed by atoms with van der Waals surface area (Å²) in [6.45, 7) is 1.38. The van der Waals surface area contributed by atoms with Crippen LogP contribution in [-0.4, -0.2) is 35.2 Å². The van der Waals surface area contributed by atoms with Gasteiger partial charge in [-0.3, -0.25) is 9.59 Å². The maximum absolute atomic E-state index is 11.1. The Morgan fingerprint density at radius 2 is 2.10 bits per heavy atom. The van der Waals surface area contributed by atoms with E-state index >= 15 is 0 Å². The number of nitrogens with zero attached hydrogens (tertiary/aromatic N) is 1. The minimum Gasteiger partial charge on any atom is -0.481 e. The molecule has 1 fully saturated rings. The van der Waals surface area contributed by atoms with Crippen LogP contribution in [0, 0.1) is 5.92 Å². The third-order valence-corrected chi connectivity index (χ3v) is 3.67. The van der Waals surface area contributed by atoms with Crippen molar-refractivity contribution in [3.05, 3.63) is 29.8 Å². The van der Waals surface area contributed by atoms with E-state index in [2.05, 4.69) is 4.90 Å². The molecule has 1 aliphatic rings. The molecular formula is C15H19NO4. The number of aryl methyl sites for hydroxylation is 1. The number of carboxylic acid groups (broad SMARTS) is 2. The van der Waals surface area contributed by atoms with Crippen LogP contribution >= 0.6 is 0 Å². The standard InChI is InChI=1S/C15H19NO4/c17-14(18)7-6-11-3-1-5-13(9-11)16-8-2-4-12(10-16)15(19)20/h1,3,5,9,12H,2,4,6-8,10H2,(H,17,18)(H,19,20). The molecule has 108 valence electrons. The molecule has 0 bridgehead atoms. The van der Waals surface area contributed by atoms with Crippen molar-refractivity contribution in [3.8, 4) is 0 Å². The third kappa shape index (κ3) is 3.73. The molecule has 0 amide bonds. The van der Waals surface area contributed by atoms with Gasteiger partial charge < -0.3 is 15.1 Å². The Balaban J connectivity index is 2.06. The van der Waals surface area contributed by atoms with E-state index in [1.54, 1.807) is 0 Å². The van der Waals surface area contributed by atoms with Crippen LogP contribution in [0.2, 0.25) is 0 Å². The Labute approximate surface area is 117 Å². The Kier molecular flexibility index (Phi) is 4.61. The van der Waals surface area contributed by atoms with E-state index in [-0.39, 0.29) is 12.3 Å². The molecule has 1 aromatic carbocycles. The Morgan fingerprint density at radius 1 is 1.30 bits per heavy atom. The first kappa shape index (κ1) is 14.4. The second-order valence-electron chi connectivity index (χ2n) is 5.19. The molecule has 0 saturated carbocycles. The van der Waals surface area contributed by atoms with Crippen LogP contribution in [0.4, 0.5) is 5.69 Å². The monoisotopic (exact) mass is 277 g/mol. The van der Waals surface area contributed by atoms with Crippen molar-refractivity contribution >= 4 is 17.6 Å². The molecule has 1 aliphatic heterocycles. The SMILES string of the molecule is O=C(O)CCc1cccc(N2CCCC(C(=O)O)C2)c1. The highest BCUT2D eigenvalue weighted by atomic mass is 16.4. The molecule has 0 radical (unpaired) electrons. The molecule has 5 heteroatoms. The van der Waals surface area contributed by atoms with E-state index in [1.807, 2.05) is 24.3 Å². The van der Waals surface area contributed by atoms with Crippen molar-refractivity contribution in [2.45, 2.75) is 25.7 Å². The normalized spacial score (nSPS) is 18.8. The van der Waals surface area contributed by atoms with Crippen molar-refractivity contribution in [1.29, 1.82) is 0 Å². The van der Waals surface area contributed by atoms with E-state index in [4.69, 9.17) is 10.2 Å². The summed E-state index contributed by atoms with van der Waals surface area (Å²) in [7, 11) is 0. The molecule has 0 aromatic heterocycles. The number of anilines is 1. The van der Waals surface area contributed by atoms with Gasteiger partial charge in [0.1, 0.15) is 0 Å². The van der Waals surface area contributed by atoms with Gasteiger partial charge in [-0.15, -0.1) is 0 Å². The van der Waals surface area contributed by atoms with Crippen LogP contribution in [0.25, 0.3) is 0 Å². The summed E-state index contributed by atoms with van der Waals surface area (Å²) >= 11 is 0. The fourth-order valence-electron chi connectivity index (χ4n) is 2.57. The third-order valence-electron chi connectivity index (χ3n) is 3.67. The molecular weight excluding hydrogens is 258 g/mol. The lowest BCUT2D eigenvalue weighted by Gasteiger charge is -2.32. The first-order chi connectivity index (χ1) is 9.56. The van der Waals surface area contributed by atoms with Gasteiger partial charge in [0.2, 0.25) is 0 Å². The molecule has 2 N–H and O–H groups in total. The molecule has 2 rings (SSSR count). The fraction of sp³-hybridized carbons (Fsp3) is 0.467. The van der Waals surface area contributed by atoms with Crippen molar-refractivity contribution < 1.29 is 19.8 Å². The van der Waals surface area contributed by atoms with Crippen LogP contribution in [0.5, 0.6) is 0 Å². The Bertz CT molecular complexity index is 500. The number of hydrogen-bond donors (Lipinski definition) is 2. The number of benzene rings is 1. The number of piperidine rings is 1. The molecule has 5 nitrogen and oxygen atoms in total. The first-order valence-electron chi connectivity index (χ1n) is 6.85. The lowest BCUT2D eigenvalue weighted by atomic mass is 9.97. The maximum Gasteiger partial charge on any atom is 0.308 e. The fourth-order valence-corrected chi connectivity index (χ4v) is 2.57.